The lowest BCUT2D eigenvalue weighted by atomic mass is 9.97. The molecule has 36 heavy (non-hydrogen) atoms. The molecule has 4 rings (SSSR count). The Labute approximate surface area is 212 Å². The largest absolute Gasteiger partial charge is 0.445 e. The van der Waals surface area contributed by atoms with Crippen LogP contribution >= 0.6 is 0 Å². The second-order valence-corrected chi connectivity index (χ2v) is 9.85. The predicted molar refractivity (Wildman–Crippen MR) is 139 cm³/mol. The maximum absolute atomic E-state index is 13.1. The monoisotopic (exact) mass is 487 g/mol. The fourth-order valence-corrected chi connectivity index (χ4v) is 4.24. The van der Waals surface area contributed by atoms with Crippen molar-refractivity contribution < 1.29 is 19.1 Å². The molecule has 1 saturated heterocycles. The van der Waals surface area contributed by atoms with Crippen LogP contribution < -0.4 is 4.90 Å². The van der Waals surface area contributed by atoms with Crippen LogP contribution in [-0.2, 0) is 16.1 Å². The van der Waals surface area contributed by atoms with Crippen LogP contribution in [0.1, 0.15) is 57.2 Å². The van der Waals surface area contributed by atoms with Crippen LogP contribution in [0.15, 0.2) is 79.0 Å². The number of rotatable bonds is 5. The number of hydrogen-bond acceptors (Lipinski definition) is 5. The molecule has 2 aromatic carbocycles. The Balaban J connectivity index is 1.53. The van der Waals surface area contributed by atoms with E-state index >= 15 is 0 Å². The highest BCUT2D eigenvalue weighted by molar-refractivity contribution is 5.95. The van der Waals surface area contributed by atoms with Crippen LogP contribution in [0.25, 0.3) is 0 Å². The zero-order valence-electron chi connectivity index (χ0n) is 21.1. The molecule has 0 spiro atoms. The number of carbonyl (C=O) groups excluding carboxylic acids is 2. The number of piperidine rings is 1. The highest BCUT2D eigenvalue weighted by Gasteiger charge is 2.30. The molecule has 0 N–H and O–H groups in total. The van der Waals surface area contributed by atoms with Crippen molar-refractivity contribution in [3.05, 3.63) is 90.1 Å². The molecule has 3 aromatic rings. The molecule has 0 aliphatic carbocycles. The Morgan fingerprint density at radius 2 is 1.67 bits per heavy atom. The van der Waals surface area contributed by atoms with Crippen molar-refractivity contribution in [3.63, 3.8) is 0 Å². The van der Waals surface area contributed by atoms with Gasteiger partial charge in [0.15, 0.2) is 0 Å². The minimum atomic E-state index is -0.646. The van der Waals surface area contributed by atoms with Gasteiger partial charge in [0, 0.05) is 12.7 Å². The number of ether oxygens (including phenoxy) is 2. The van der Waals surface area contributed by atoms with Crippen molar-refractivity contribution in [2.24, 2.45) is 0 Å². The van der Waals surface area contributed by atoms with Gasteiger partial charge in [-0.15, -0.1) is 0 Å². The number of hydrogen-bond donors (Lipinski definition) is 0. The molecule has 7 heteroatoms. The van der Waals surface area contributed by atoms with Gasteiger partial charge < -0.3 is 14.4 Å². The molecule has 2 heterocycles. The molecular weight excluding hydrogens is 454 g/mol. The molecule has 1 aromatic heterocycles. The average molecular weight is 488 g/mol. The first-order valence-corrected chi connectivity index (χ1v) is 12.3. The van der Waals surface area contributed by atoms with Crippen molar-refractivity contribution in [2.45, 2.75) is 58.3 Å². The van der Waals surface area contributed by atoms with Crippen molar-refractivity contribution >= 4 is 23.7 Å². The van der Waals surface area contributed by atoms with Gasteiger partial charge in [0.2, 0.25) is 0 Å². The normalized spacial score (nSPS) is 15.8. The smallest absolute Gasteiger partial charge is 0.420 e. The quantitative estimate of drug-likeness (QED) is 0.387. The lowest BCUT2D eigenvalue weighted by Crippen LogP contribution is -2.39. The third kappa shape index (κ3) is 6.42. The maximum atomic E-state index is 13.1. The van der Waals surface area contributed by atoms with Gasteiger partial charge >= 0.3 is 12.2 Å². The van der Waals surface area contributed by atoms with Gasteiger partial charge in [0.25, 0.3) is 0 Å². The number of pyridine rings is 1. The minimum absolute atomic E-state index is 0.129. The molecule has 0 saturated carbocycles. The lowest BCUT2D eigenvalue weighted by molar-refractivity contribution is 0.0598. The van der Waals surface area contributed by atoms with Crippen molar-refractivity contribution in [3.8, 4) is 0 Å². The third-order valence-electron chi connectivity index (χ3n) is 5.92. The van der Waals surface area contributed by atoms with Crippen LogP contribution in [0.4, 0.5) is 21.1 Å². The molecule has 0 unspecified atom stereocenters. The first-order valence-electron chi connectivity index (χ1n) is 12.3. The number of anilines is 2. The average Bonchev–Trinajstić information content (AvgIpc) is 2.88. The Morgan fingerprint density at radius 3 is 2.31 bits per heavy atom. The van der Waals surface area contributed by atoms with E-state index in [4.69, 9.17) is 9.47 Å². The molecule has 1 aliphatic rings. The molecular formula is C29H33N3O4. The number of benzene rings is 2. The number of aromatic nitrogens is 1. The first-order chi connectivity index (χ1) is 17.3. The molecule has 2 amide bonds. The van der Waals surface area contributed by atoms with E-state index < -0.39 is 11.7 Å². The number of nitrogens with zero attached hydrogens (tertiary/aromatic N) is 3. The van der Waals surface area contributed by atoms with E-state index in [-0.39, 0.29) is 18.7 Å². The van der Waals surface area contributed by atoms with E-state index in [0.717, 1.165) is 30.4 Å². The van der Waals surface area contributed by atoms with Gasteiger partial charge in [-0.3, -0.25) is 0 Å². The molecule has 7 nitrogen and oxygen atoms in total. The van der Waals surface area contributed by atoms with E-state index in [2.05, 4.69) is 4.98 Å². The predicted octanol–water partition coefficient (Wildman–Crippen LogP) is 7.02. The second-order valence-electron chi connectivity index (χ2n) is 9.85. The number of para-hydroxylation sites is 1. The van der Waals surface area contributed by atoms with Crippen molar-refractivity contribution in [1.29, 1.82) is 0 Å². The van der Waals surface area contributed by atoms with Gasteiger partial charge in [0.05, 0.1) is 11.7 Å². The summed E-state index contributed by atoms with van der Waals surface area (Å²) in [5.74, 6) is 0.452. The topological polar surface area (TPSA) is 72.0 Å². The van der Waals surface area contributed by atoms with Crippen LogP contribution in [0.5, 0.6) is 0 Å². The fraction of sp³-hybridized carbons (Fsp3) is 0.345. The highest BCUT2D eigenvalue weighted by atomic mass is 16.6. The summed E-state index contributed by atoms with van der Waals surface area (Å²) in [5, 5.41) is 0. The summed E-state index contributed by atoms with van der Waals surface area (Å²) >= 11 is 0. The Bertz CT molecular complexity index is 1140. The summed E-state index contributed by atoms with van der Waals surface area (Å²) in [7, 11) is 0. The molecule has 1 fully saturated rings. The number of amides is 2. The van der Waals surface area contributed by atoms with Crippen LogP contribution in [-0.4, -0.2) is 34.2 Å². The molecule has 1 atom stereocenters. The Kier molecular flexibility index (Phi) is 7.88. The minimum Gasteiger partial charge on any atom is -0.445 e. The van der Waals surface area contributed by atoms with E-state index in [1.165, 1.54) is 4.90 Å². The Morgan fingerprint density at radius 1 is 0.972 bits per heavy atom. The molecule has 0 bridgehead atoms. The van der Waals surface area contributed by atoms with Crippen LogP contribution in [0.3, 0.4) is 0 Å². The van der Waals surface area contributed by atoms with Crippen LogP contribution in [0, 0.1) is 0 Å². The number of carbonyl (C=O) groups is 2. The number of likely N-dealkylation sites (tertiary alicyclic amines) is 1. The van der Waals surface area contributed by atoms with Crippen molar-refractivity contribution in [1.82, 2.24) is 9.88 Å². The van der Waals surface area contributed by atoms with Gasteiger partial charge in [-0.2, -0.15) is 0 Å². The van der Waals surface area contributed by atoms with E-state index in [9.17, 15) is 9.59 Å². The Hall–Kier alpha value is -3.87. The van der Waals surface area contributed by atoms with Crippen molar-refractivity contribution in [2.75, 3.05) is 11.4 Å². The third-order valence-corrected chi connectivity index (χ3v) is 5.92. The van der Waals surface area contributed by atoms with Crippen LogP contribution in [0.2, 0.25) is 0 Å². The summed E-state index contributed by atoms with van der Waals surface area (Å²) in [5.41, 5.74) is 1.88. The summed E-state index contributed by atoms with van der Waals surface area (Å²) in [4.78, 5) is 33.9. The van der Waals surface area contributed by atoms with Gasteiger partial charge in [0.1, 0.15) is 18.0 Å². The summed E-state index contributed by atoms with van der Waals surface area (Å²) in [6.07, 6.45) is 3.69. The summed E-state index contributed by atoms with van der Waals surface area (Å²) < 4.78 is 11.3. The zero-order valence-corrected chi connectivity index (χ0v) is 21.1. The zero-order chi connectivity index (χ0) is 25.5. The molecule has 1 aliphatic heterocycles. The van der Waals surface area contributed by atoms with E-state index in [1.807, 2.05) is 87.5 Å². The SMILES string of the molecule is CC(C)(C)OC(=O)N(c1ccccc1)c1ccc([C@@H]2CCCCN2C(=O)OCc2ccccc2)cn1. The maximum Gasteiger partial charge on any atom is 0.420 e. The second kappa shape index (κ2) is 11.2. The summed E-state index contributed by atoms with van der Waals surface area (Å²) in [6, 6.07) is 22.6. The van der Waals surface area contributed by atoms with E-state index in [1.54, 1.807) is 17.2 Å². The standard InChI is InChI=1S/C29H33N3O4/c1-29(2,3)36-28(34)32(24-14-8-5-9-15-24)26-18-17-23(20-30-26)25-16-10-11-19-31(25)27(33)35-21-22-12-6-4-7-13-22/h4-9,12-15,17-18,20,25H,10-11,16,19,21H2,1-3H3/t25-/m0/s1. The van der Waals surface area contributed by atoms with Gasteiger partial charge in [-0.05, 0) is 69.4 Å². The molecule has 188 valence electrons. The van der Waals surface area contributed by atoms with E-state index in [0.29, 0.717) is 18.1 Å². The van der Waals surface area contributed by atoms with Gasteiger partial charge in [-0.1, -0.05) is 54.6 Å². The lowest BCUT2D eigenvalue weighted by Gasteiger charge is -2.35. The first kappa shape index (κ1) is 25.2. The summed E-state index contributed by atoms with van der Waals surface area (Å²) in [6.45, 7) is 6.37. The highest BCUT2D eigenvalue weighted by Crippen LogP contribution is 2.33. The van der Waals surface area contributed by atoms with Gasteiger partial charge in [-0.25, -0.2) is 19.5 Å². The molecule has 0 radical (unpaired) electrons. The fourth-order valence-electron chi connectivity index (χ4n) is 4.24.